The molecule has 0 radical (unpaired) electrons. The quantitative estimate of drug-likeness (QED) is 0.762. The van der Waals surface area contributed by atoms with Crippen LogP contribution in [0.4, 0.5) is 4.39 Å². The first-order valence-corrected chi connectivity index (χ1v) is 4.99. The van der Waals surface area contributed by atoms with Gasteiger partial charge >= 0.3 is 0 Å². The second-order valence-corrected chi connectivity index (χ2v) is 3.44. The number of pyridine rings is 1. The number of halogens is 1. The van der Waals surface area contributed by atoms with Gasteiger partial charge in [-0.05, 0) is 30.3 Å². The molecular weight excluding hydrogens is 221 g/mol. The van der Waals surface area contributed by atoms with Crippen molar-refractivity contribution in [3.8, 4) is 17.0 Å². The normalized spacial score (nSPS) is 10.0. The third kappa shape index (κ3) is 2.30. The van der Waals surface area contributed by atoms with Gasteiger partial charge in [0.05, 0.1) is 12.8 Å². The number of benzene rings is 1. The summed E-state index contributed by atoms with van der Waals surface area (Å²) in [5.41, 5.74) is 1.66. The number of hydrogen-bond acceptors (Lipinski definition) is 3. The minimum atomic E-state index is -0.455. The Labute approximate surface area is 97.9 Å². The standard InChI is InChI=1S/C13H10FNO2/c1-17-13-3-2-10(7-11(13)14)12-6-9(8-16)4-5-15-12/h2-8H,1H3. The molecule has 3 nitrogen and oxygen atoms in total. The van der Waals surface area contributed by atoms with E-state index in [-0.39, 0.29) is 5.75 Å². The fourth-order valence-electron chi connectivity index (χ4n) is 1.50. The van der Waals surface area contributed by atoms with Gasteiger partial charge in [-0.1, -0.05) is 0 Å². The molecule has 0 unspecified atom stereocenters. The zero-order valence-corrected chi connectivity index (χ0v) is 9.18. The monoisotopic (exact) mass is 231 g/mol. The van der Waals surface area contributed by atoms with E-state index in [0.29, 0.717) is 16.8 Å². The summed E-state index contributed by atoms with van der Waals surface area (Å²) in [6, 6.07) is 7.75. The zero-order valence-electron chi connectivity index (χ0n) is 9.18. The van der Waals surface area contributed by atoms with Gasteiger partial charge in [-0.2, -0.15) is 0 Å². The summed E-state index contributed by atoms with van der Waals surface area (Å²) in [6.45, 7) is 0. The van der Waals surface area contributed by atoms with E-state index in [0.717, 1.165) is 6.29 Å². The van der Waals surface area contributed by atoms with E-state index < -0.39 is 5.82 Å². The molecule has 1 aromatic carbocycles. The third-order valence-corrected chi connectivity index (χ3v) is 2.37. The predicted octanol–water partition coefficient (Wildman–Crippen LogP) is 2.71. The first-order chi connectivity index (χ1) is 8.24. The lowest BCUT2D eigenvalue weighted by molar-refractivity contribution is 0.112. The maximum atomic E-state index is 13.5. The maximum absolute atomic E-state index is 13.5. The molecule has 0 aliphatic rings. The van der Waals surface area contributed by atoms with Gasteiger partial charge in [-0.15, -0.1) is 0 Å². The fourth-order valence-corrected chi connectivity index (χ4v) is 1.50. The number of rotatable bonds is 3. The lowest BCUT2D eigenvalue weighted by Gasteiger charge is -2.05. The zero-order chi connectivity index (χ0) is 12.3. The average molecular weight is 231 g/mol. The second-order valence-electron chi connectivity index (χ2n) is 3.44. The Kier molecular flexibility index (Phi) is 3.14. The molecular formula is C13H10FNO2. The number of aldehydes is 1. The third-order valence-electron chi connectivity index (χ3n) is 2.37. The highest BCUT2D eigenvalue weighted by molar-refractivity contribution is 5.77. The summed E-state index contributed by atoms with van der Waals surface area (Å²) >= 11 is 0. The van der Waals surface area contributed by atoms with Gasteiger partial charge in [0.2, 0.25) is 0 Å². The van der Waals surface area contributed by atoms with Crippen molar-refractivity contribution in [2.45, 2.75) is 0 Å². The molecule has 0 saturated carbocycles. The average Bonchev–Trinajstić information content (AvgIpc) is 2.38. The number of carbonyl (C=O) groups is 1. The molecule has 1 heterocycles. The number of carbonyl (C=O) groups excluding carboxylic acids is 1. The number of methoxy groups -OCH3 is 1. The van der Waals surface area contributed by atoms with Crippen LogP contribution < -0.4 is 4.74 Å². The van der Waals surface area contributed by atoms with Gasteiger partial charge in [-0.25, -0.2) is 4.39 Å². The largest absolute Gasteiger partial charge is 0.494 e. The van der Waals surface area contributed by atoms with Gasteiger partial charge in [0.1, 0.15) is 6.29 Å². The highest BCUT2D eigenvalue weighted by Crippen LogP contribution is 2.24. The molecule has 0 spiro atoms. The van der Waals surface area contributed by atoms with Crippen LogP contribution >= 0.6 is 0 Å². The van der Waals surface area contributed by atoms with Crippen molar-refractivity contribution in [1.82, 2.24) is 4.98 Å². The number of hydrogen-bond donors (Lipinski definition) is 0. The minimum Gasteiger partial charge on any atom is -0.494 e. The van der Waals surface area contributed by atoms with Crippen molar-refractivity contribution in [2.75, 3.05) is 7.11 Å². The van der Waals surface area contributed by atoms with Gasteiger partial charge in [0.15, 0.2) is 11.6 Å². The molecule has 0 atom stereocenters. The highest BCUT2D eigenvalue weighted by atomic mass is 19.1. The molecule has 17 heavy (non-hydrogen) atoms. The highest BCUT2D eigenvalue weighted by Gasteiger charge is 2.06. The number of aromatic nitrogens is 1. The van der Waals surface area contributed by atoms with E-state index in [4.69, 9.17) is 4.74 Å². The smallest absolute Gasteiger partial charge is 0.165 e. The molecule has 0 N–H and O–H groups in total. The Hall–Kier alpha value is -2.23. The van der Waals surface area contributed by atoms with Crippen LogP contribution in [0, 0.1) is 5.82 Å². The van der Waals surface area contributed by atoms with Crippen LogP contribution in [-0.4, -0.2) is 18.4 Å². The Bertz CT molecular complexity index is 555. The predicted molar refractivity (Wildman–Crippen MR) is 61.6 cm³/mol. The van der Waals surface area contributed by atoms with Crippen molar-refractivity contribution in [3.63, 3.8) is 0 Å². The molecule has 0 aliphatic heterocycles. The molecule has 1 aromatic heterocycles. The van der Waals surface area contributed by atoms with Crippen molar-refractivity contribution in [2.24, 2.45) is 0 Å². The van der Waals surface area contributed by atoms with Gasteiger partial charge < -0.3 is 4.74 Å². The molecule has 86 valence electrons. The van der Waals surface area contributed by atoms with E-state index in [1.807, 2.05) is 0 Å². The molecule has 4 heteroatoms. The molecule has 2 aromatic rings. The molecule has 0 fully saturated rings. The van der Waals surface area contributed by atoms with Crippen LogP contribution in [0.1, 0.15) is 10.4 Å². The summed E-state index contributed by atoms with van der Waals surface area (Å²) in [7, 11) is 1.41. The first kappa shape index (κ1) is 11.3. The van der Waals surface area contributed by atoms with Gasteiger partial charge in [0, 0.05) is 17.3 Å². The van der Waals surface area contributed by atoms with Crippen molar-refractivity contribution in [3.05, 3.63) is 47.9 Å². The molecule has 0 saturated heterocycles. The SMILES string of the molecule is COc1ccc(-c2cc(C=O)ccn2)cc1F. The van der Waals surface area contributed by atoms with Crippen molar-refractivity contribution in [1.29, 1.82) is 0 Å². The van der Waals surface area contributed by atoms with Crippen LogP contribution in [0.5, 0.6) is 5.75 Å². The summed E-state index contributed by atoms with van der Waals surface area (Å²) in [5.74, 6) is -0.274. The van der Waals surface area contributed by atoms with Crippen LogP contribution in [0.25, 0.3) is 11.3 Å². The van der Waals surface area contributed by atoms with E-state index in [9.17, 15) is 9.18 Å². The van der Waals surface area contributed by atoms with E-state index >= 15 is 0 Å². The maximum Gasteiger partial charge on any atom is 0.165 e. The van der Waals surface area contributed by atoms with Crippen LogP contribution in [0.2, 0.25) is 0 Å². The summed E-state index contributed by atoms with van der Waals surface area (Å²) < 4.78 is 18.3. The van der Waals surface area contributed by atoms with E-state index in [2.05, 4.69) is 4.98 Å². The fraction of sp³-hybridized carbons (Fsp3) is 0.0769. The van der Waals surface area contributed by atoms with Crippen molar-refractivity contribution < 1.29 is 13.9 Å². The van der Waals surface area contributed by atoms with E-state index in [1.165, 1.54) is 25.4 Å². The van der Waals surface area contributed by atoms with Gasteiger partial charge in [0.25, 0.3) is 0 Å². The Morgan fingerprint density at radius 1 is 1.29 bits per heavy atom. The Morgan fingerprint density at radius 3 is 2.76 bits per heavy atom. The topological polar surface area (TPSA) is 39.2 Å². The first-order valence-electron chi connectivity index (χ1n) is 4.99. The molecule has 0 aliphatic carbocycles. The Morgan fingerprint density at radius 2 is 2.12 bits per heavy atom. The summed E-state index contributed by atoms with van der Waals surface area (Å²) in [6.07, 6.45) is 2.24. The lowest BCUT2D eigenvalue weighted by atomic mass is 10.1. The Balaban J connectivity index is 2.45. The molecule has 2 rings (SSSR count). The second kappa shape index (κ2) is 4.74. The molecule has 0 bridgehead atoms. The van der Waals surface area contributed by atoms with Crippen LogP contribution in [-0.2, 0) is 0 Å². The van der Waals surface area contributed by atoms with Crippen molar-refractivity contribution >= 4 is 6.29 Å². The summed E-state index contributed by atoms with van der Waals surface area (Å²) in [5, 5.41) is 0. The van der Waals surface area contributed by atoms with Crippen LogP contribution in [0.15, 0.2) is 36.5 Å². The lowest BCUT2D eigenvalue weighted by Crippen LogP contribution is -1.91. The van der Waals surface area contributed by atoms with Crippen LogP contribution in [0.3, 0.4) is 0 Å². The number of nitrogens with zero attached hydrogens (tertiary/aromatic N) is 1. The minimum absolute atomic E-state index is 0.181. The molecule has 0 amide bonds. The van der Waals surface area contributed by atoms with Gasteiger partial charge in [-0.3, -0.25) is 9.78 Å². The van der Waals surface area contributed by atoms with E-state index in [1.54, 1.807) is 18.2 Å². The summed E-state index contributed by atoms with van der Waals surface area (Å²) in [4.78, 5) is 14.7. The number of ether oxygens (including phenoxy) is 1.